The Balaban J connectivity index is 1.98. The number of nitrogens with zero attached hydrogens (tertiary/aromatic N) is 3. The molecule has 0 atom stereocenters. The Morgan fingerprint density at radius 2 is 2.11 bits per heavy atom. The van der Waals surface area contributed by atoms with Crippen LogP contribution in [0.25, 0.3) is 11.0 Å². The fraction of sp³-hybridized carbons (Fsp3) is 0. The molecule has 0 bridgehead atoms. The van der Waals surface area contributed by atoms with Gasteiger partial charge in [0.1, 0.15) is 5.58 Å². The molecule has 88 valence electrons. The first-order chi connectivity index (χ1) is 8.81. The molecule has 0 aliphatic heterocycles. The second-order valence-corrected chi connectivity index (χ2v) is 3.59. The summed E-state index contributed by atoms with van der Waals surface area (Å²) in [6.45, 7) is 0. The van der Waals surface area contributed by atoms with Crippen molar-refractivity contribution in [2.45, 2.75) is 0 Å². The SMILES string of the molecule is O=c1ccc2cc(N=Nc3ncc[nH]3)ccc2o1. The Kier molecular flexibility index (Phi) is 2.45. The molecule has 0 saturated heterocycles. The fourth-order valence-corrected chi connectivity index (χ4v) is 1.54. The lowest BCUT2D eigenvalue weighted by atomic mass is 10.2. The maximum atomic E-state index is 11.0. The zero-order valence-corrected chi connectivity index (χ0v) is 9.20. The average Bonchev–Trinajstić information content (AvgIpc) is 2.89. The fourth-order valence-electron chi connectivity index (χ4n) is 1.54. The van der Waals surface area contributed by atoms with Crippen molar-refractivity contribution >= 4 is 22.6 Å². The van der Waals surface area contributed by atoms with Crippen LogP contribution in [-0.4, -0.2) is 9.97 Å². The van der Waals surface area contributed by atoms with Crippen LogP contribution in [0.15, 0.2) is 62.2 Å². The van der Waals surface area contributed by atoms with E-state index in [4.69, 9.17) is 4.42 Å². The molecule has 0 aliphatic rings. The first kappa shape index (κ1) is 10.4. The highest BCUT2D eigenvalue weighted by molar-refractivity contribution is 5.79. The van der Waals surface area contributed by atoms with Crippen LogP contribution in [-0.2, 0) is 0 Å². The van der Waals surface area contributed by atoms with Crippen molar-refractivity contribution < 1.29 is 4.42 Å². The van der Waals surface area contributed by atoms with Crippen molar-refractivity contribution in [3.63, 3.8) is 0 Å². The monoisotopic (exact) mass is 240 g/mol. The lowest BCUT2D eigenvalue weighted by Crippen LogP contribution is -1.93. The number of imidazole rings is 1. The largest absolute Gasteiger partial charge is 0.423 e. The topological polar surface area (TPSA) is 83.6 Å². The van der Waals surface area contributed by atoms with Gasteiger partial charge in [0.25, 0.3) is 0 Å². The third-order valence-electron chi connectivity index (χ3n) is 2.35. The van der Waals surface area contributed by atoms with Gasteiger partial charge in [-0.2, -0.15) is 0 Å². The highest BCUT2D eigenvalue weighted by atomic mass is 16.4. The minimum atomic E-state index is -0.368. The van der Waals surface area contributed by atoms with E-state index in [1.54, 1.807) is 36.7 Å². The number of benzene rings is 1. The molecule has 0 radical (unpaired) electrons. The summed E-state index contributed by atoms with van der Waals surface area (Å²) in [7, 11) is 0. The molecule has 0 spiro atoms. The van der Waals surface area contributed by atoms with Crippen LogP contribution in [0.3, 0.4) is 0 Å². The van der Waals surface area contributed by atoms with Gasteiger partial charge in [0.15, 0.2) is 0 Å². The summed E-state index contributed by atoms with van der Waals surface area (Å²) < 4.78 is 5.02. The van der Waals surface area contributed by atoms with Gasteiger partial charge in [0, 0.05) is 23.8 Å². The molecule has 2 aromatic heterocycles. The summed E-state index contributed by atoms with van der Waals surface area (Å²) in [6.07, 6.45) is 3.27. The summed E-state index contributed by atoms with van der Waals surface area (Å²) in [4.78, 5) is 17.8. The summed E-state index contributed by atoms with van der Waals surface area (Å²) in [5.74, 6) is 0.440. The second kappa shape index (κ2) is 4.25. The van der Waals surface area contributed by atoms with E-state index < -0.39 is 0 Å². The van der Waals surface area contributed by atoms with Gasteiger partial charge in [0.05, 0.1) is 5.69 Å². The van der Waals surface area contributed by atoms with Crippen LogP contribution in [0.5, 0.6) is 0 Å². The van der Waals surface area contributed by atoms with Crippen molar-refractivity contribution in [1.82, 2.24) is 9.97 Å². The van der Waals surface area contributed by atoms with E-state index >= 15 is 0 Å². The molecule has 0 unspecified atom stereocenters. The quantitative estimate of drug-likeness (QED) is 0.552. The van der Waals surface area contributed by atoms with E-state index in [-0.39, 0.29) is 5.63 Å². The number of rotatable bonds is 2. The molecule has 1 N–H and O–H groups in total. The predicted molar refractivity (Wildman–Crippen MR) is 65.2 cm³/mol. The van der Waals surface area contributed by atoms with Gasteiger partial charge in [-0.25, -0.2) is 9.78 Å². The van der Waals surface area contributed by atoms with E-state index in [1.165, 1.54) is 6.07 Å². The Bertz CT molecular complexity index is 759. The van der Waals surface area contributed by atoms with Gasteiger partial charge in [-0.05, 0) is 24.3 Å². The third-order valence-corrected chi connectivity index (χ3v) is 2.35. The number of aromatic nitrogens is 2. The molecular weight excluding hydrogens is 232 g/mol. The van der Waals surface area contributed by atoms with Gasteiger partial charge in [-0.15, -0.1) is 10.2 Å². The predicted octanol–water partition coefficient (Wildman–Crippen LogP) is 2.93. The average molecular weight is 240 g/mol. The molecule has 18 heavy (non-hydrogen) atoms. The summed E-state index contributed by atoms with van der Waals surface area (Å²) in [5.41, 5.74) is 0.819. The van der Waals surface area contributed by atoms with Gasteiger partial charge in [0.2, 0.25) is 5.95 Å². The Morgan fingerprint density at radius 3 is 2.94 bits per heavy atom. The lowest BCUT2D eigenvalue weighted by molar-refractivity contribution is 0.561. The van der Waals surface area contributed by atoms with Crippen LogP contribution in [0.4, 0.5) is 11.6 Å². The molecule has 6 heteroatoms. The van der Waals surface area contributed by atoms with Crippen LogP contribution >= 0.6 is 0 Å². The van der Waals surface area contributed by atoms with E-state index in [9.17, 15) is 4.79 Å². The normalized spacial score (nSPS) is 11.3. The maximum absolute atomic E-state index is 11.0. The lowest BCUT2D eigenvalue weighted by Gasteiger charge is -1.96. The number of nitrogens with one attached hydrogen (secondary N) is 1. The number of azo groups is 1. The summed E-state index contributed by atoms with van der Waals surface area (Å²) in [6, 6.07) is 8.25. The minimum absolute atomic E-state index is 0.368. The molecular formula is C12H8N4O2. The van der Waals surface area contributed by atoms with Gasteiger partial charge in [-0.1, -0.05) is 0 Å². The number of H-pyrrole nitrogens is 1. The highest BCUT2D eigenvalue weighted by Crippen LogP contribution is 2.21. The van der Waals surface area contributed by atoms with E-state index in [0.29, 0.717) is 17.2 Å². The van der Waals surface area contributed by atoms with Crippen molar-refractivity contribution in [1.29, 1.82) is 0 Å². The molecule has 3 rings (SSSR count). The third kappa shape index (κ3) is 2.03. The first-order valence-corrected chi connectivity index (χ1v) is 5.26. The van der Waals surface area contributed by atoms with E-state index in [0.717, 1.165) is 5.39 Å². The Hall–Kier alpha value is -2.76. The Labute approximate surface area is 101 Å². The van der Waals surface area contributed by atoms with E-state index in [2.05, 4.69) is 20.2 Å². The number of hydrogen-bond acceptors (Lipinski definition) is 5. The summed E-state index contributed by atoms with van der Waals surface area (Å²) >= 11 is 0. The standard InChI is InChI=1S/C12H8N4O2/c17-11-4-1-8-7-9(2-3-10(8)18-11)15-16-12-13-5-6-14-12/h1-7H,(H,13,14). The molecule has 1 aromatic carbocycles. The molecule has 0 aliphatic carbocycles. The number of aromatic amines is 1. The Morgan fingerprint density at radius 1 is 1.17 bits per heavy atom. The zero-order chi connectivity index (χ0) is 12.4. The smallest absolute Gasteiger partial charge is 0.336 e. The highest BCUT2D eigenvalue weighted by Gasteiger charge is 1.98. The number of hydrogen-bond donors (Lipinski definition) is 1. The van der Waals surface area contributed by atoms with Crippen molar-refractivity contribution in [3.8, 4) is 0 Å². The molecule has 0 saturated carbocycles. The van der Waals surface area contributed by atoms with Crippen molar-refractivity contribution in [2.75, 3.05) is 0 Å². The van der Waals surface area contributed by atoms with Crippen LogP contribution in [0.2, 0.25) is 0 Å². The van der Waals surface area contributed by atoms with Crippen molar-refractivity contribution in [2.24, 2.45) is 10.2 Å². The maximum Gasteiger partial charge on any atom is 0.336 e. The number of fused-ring (bicyclic) bond motifs is 1. The van der Waals surface area contributed by atoms with Crippen LogP contribution < -0.4 is 5.63 Å². The van der Waals surface area contributed by atoms with Crippen LogP contribution in [0, 0.1) is 0 Å². The molecule has 0 amide bonds. The minimum Gasteiger partial charge on any atom is -0.423 e. The van der Waals surface area contributed by atoms with Crippen molar-refractivity contribution in [3.05, 3.63) is 53.1 Å². The van der Waals surface area contributed by atoms with Gasteiger partial charge >= 0.3 is 5.63 Å². The first-order valence-electron chi connectivity index (χ1n) is 5.26. The summed E-state index contributed by atoms with van der Waals surface area (Å²) in [5, 5.41) is 8.76. The van der Waals surface area contributed by atoms with Gasteiger partial charge < -0.3 is 9.40 Å². The van der Waals surface area contributed by atoms with E-state index in [1.807, 2.05) is 0 Å². The van der Waals surface area contributed by atoms with Crippen LogP contribution in [0.1, 0.15) is 0 Å². The molecule has 3 aromatic rings. The van der Waals surface area contributed by atoms with Gasteiger partial charge in [-0.3, -0.25) is 0 Å². The second-order valence-electron chi connectivity index (χ2n) is 3.59. The molecule has 6 nitrogen and oxygen atoms in total. The molecule has 2 heterocycles. The zero-order valence-electron chi connectivity index (χ0n) is 9.20. The molecule has 0 fully saturated rings.